The molecule has 0 aliphatic carbocycles. The third-order valence-corrected chi connectivity index (χ3v) is 3.90. The normalized spacial score (nSPS) is 13.0. The van der Waals surface area contributed by atoms with Gasteiger partial charge >= 0.3 is 0 Å². The van der Waals surface area contributed by atoms with Crippen molar-refractivity contribution in [3.05, 3.63) is 50.2 Å². The van der Waals surface area contributed by atoms with Crippen LogP contribution in [0, 0.1) is 0 Å². The molecule has 1 unspecified atom stereocenters. The summed E-state index contributed by atoms with van der Waals surface area (Å²) in [6.07, 6.45) is 0.630. The topological polar surface area (TPSA) is 38.0 Å². The first kappa shape index (κ1) is 14.9. The van der Waals surface area contributed by atoms with Crippen LogP contribution in [0.5, 0.6) is 0 Å². The quantitative estimate of drug-likeness (QED) is 0.864. The standard InChI is InChI=1S/C13H13BrCl2N2O/c1-7(2)18-12(11(16)6-17-18)13(19)9-4-3-8(14)5-10(9)15/h3-7,13,19H,1-2H3. The van der Waals surface area contributed by atoms with E-state index in [4.69, 9.17) is 23.2 Å². The average Bonchev–Trinajstić information content (AvgIpc) is 2.70. The van der Waals surface area contributed by atoms with Gasteiger partial charge in [-0.2, -0.15) is 5.10 Å². The zero-order valence-electron chi connectivity index (χ0n) is 10.4. The van der Waals surface area contributed by atoms with Crippen LogP contribution >= 0.6 is 39.1 Å². The van der Waals surface area contributed by atoms with Crippen LogP contribution in [0.4, 0.5) is 0 Å². The Balaban J connectivity index is 2.49. The highest BCUT2D eigenvalue weighted by atomic mass is 79.9. The van der Waals surface area contributed by atoms with E-state index in [2.05, 4.69) is 21.0 Å². The van der Waals surface area contributed by atoms with Crippen LogP contribution in [-0.4, -0.2) is 14.9 Å². The van der Waals surface area contributed by atoms with E-state index in [9.17, 15) is 5.11 Å². The SMILES string of the molecule is CC(C)n1ncc(Cl)c1C(O)c1ccc(Br)cc1Cl. The fourth-order valence-corrected chi connectivity index (χ4v) is 2.90. The maximum absolute atomic E-state index is 10.5. The molecule has 0 amide bonds. The third-order valence-electron chi connectivity index (χ3n) is 2.79. The van der Waals surface area contributed by atoms with Crippen molar-refractivity contribution >= 4 is 39.1 Å². The summed E-state index contributed by atoms with van der Waals surface area (Å²) < 4.78 is 2.56. The van der Waals surface area contributed by atoms with Crippen LogP contribution in [0.25, 0.3) is 0 Å². The van der Waals surface area contributed by atoms with E-state index in [1.807, 2.05) is 19.9 Å². The lowest BCUT2D eigenvalue weighted by molar-refractivity contribution is 0.205. The Labute approximate surface area is 130 Å². The van der Waals surface area contributed by atoms with E-state index in [1.54, 1.807) is 16.8 Å². The van der Waals surface area contributed by atoms with Crippen molar-refractivity contribution in [3.8, 4) is 0 Å². The average molecular weight is 364 g/mol. The van der Waals surface area contributed by atoms with Crippen LogP contribution in [-0.2, 0) is 0 Å². The predicted octanol–water partition coefficient (Wildman–Crippen LogP) is 4.62. The number of halogens is 3. The van der Waals surface area contributed by atoms with Gasteiger partial charge in [-0.15, -0.1) is 0 Å². The van der Waals surface area contributed by atoms with Crippen LogP contribution < -0.4 is 0 Å². The van der Waals surface area contributed by atoms with Gasteiger partial charge in [0.25, 0.3) is 0 Å². The Kier molecular flexibility index (Phi) is 4.56. The van der Waals surface area contributed by atoms with Gasteiger partial charge in [0.1, 0.15) is 6.10 Å². The van der Waals surface area contributed by atoms with Crippen molar-refractivity contribution in [3.63, 3.8) is 0 Å². The molecule has 0 saturated heterocycles. The number of aliphatic hydroxyl groups excluding tert-OH is 1. The molecule has 0 aliphatic heterocycles. The second-order valence-electron chi connectivity index (χ2n) is 4.48. The van der Waals surface area contributed by atoms with Gasteiger partial charge in [-0.1, -0.05) is 45.2 Å². The molecule has 1 atom stereocenters. The summed E-state index contributed by atoms with van der Waals surface area (Å²) in [4.78, 5) is 0. The van der Waals surface area contributed by atoms with Crippen molar-refractivity contribution < 1.29 is 5.11 Å². The molecular weight excluding hydrogens is 351 g/mol. The van der Waals surface area contributed by atoms with E-state index in [0.717, 1.165) is 4.47 Å². The first-order valence-electron chi connectivity index (χ1n) is 5.77. The van der Waals surface area contributed by atoms with Crippen molar-refractivity contribution in [1.82, 2.24) is 9.78 Å². The Morgan fingerprint density at radius 1 is 1.26 bits per heavy atom. The molecule has 0 bridgehead atoms. The van der Waals surface area contributed by atoms with E-state index in [1.165, 1.54) is 6.20 Å². The molecule has 2 rings (SSSR count). The van der Waals surface area contributed by atoms with Crippen molar-refractivity contribution in [2.75, 3.05) is 0 Å². The molecule has 0 saturated carbocycles. The van der Waals surface area contributed by atoms with Gasteiger partial charge in [-0.3, -0.25) is 4.68 Å². The summed E-state index contributed by atoms with van der Waals surface area (Å²) in [7, 11) is 0. The molecule has 1 heterocycles. The minimum absolute atomic E-state index is 0.103. The summed E-state index contributed by atoms with van der Waals surface area (Å²) >= 11 is 15.6. The third kappa shape index (κ3) is 2.97. The van der Waals surface area contributed by atoms with Crippen LogP contribution in [0.2, 0.25) is 10.0 Å². The minimum atomic E-state index is -0.905. The number of hydrogen-bond acceptors (Lipinski definition) is 2. The molecular formula is C13H13BrCl2N2O. The van der Waals surface area contributed by atoms with E-state index >= 15 is 0 Å². The predicted molar refractivity (Wildman–Crippen MR) is 80.8 cm³/mol. The Morgan fingerprint density at radius 2 is 1.95 bits per heavy atom. The highest BCUT2D eigenvalue weighted by molar-refractivity contribution is 9.10. The van der Waals surface area contributed by atoms with Gasteiger partial charge in [0.2, 0.25) is 0 Å². The summed E-state index contributed by atoms with van der Waals surface area (Å²) in [5.74, 6) is 0. The number of benzene rings is 1. The van der Waals surface area contributed by atoms with Gasteiger partial charge in [-0.25, -0.2) is 0 Å². The van der Waals surface area contributed by atoms with E-state index < -0.39 is 6.10 Å². The van der Waals surface area contributed by atoms with Gasteiger partial charge in [0, 0.05) is 21.1 Å². The Morgan fingerprint density at radius 3 is 2.53 bits per heavy atom. The molecule has 3 nitrogen and oxygen atoms in total. The zero-order valence-corrected chi connectivity index (χ0v) is 13.5. The van der Waals surface area contributed by atoms with E-state index in [-0.39, 0.29) is 6.04 Å². The summed E-state index contributed by atoms with van der Waals surface area (Å²) in [6, 6.07) is 5.44. The number of aromatic nitrogens is 2. The van der Waals surface area contributed by atoms with Crippen molar-refractivity contribution in [2.24, 2.45) is 0 Å². The molecule has 0 aliphatic rings. The monoisotopic (exact) mass is 362 g/mol. The molecule has 1 N–H and O–H groups in total. The molecule has 1 aromatic carbocycles. The lowest BCUT2D eigenvalue weighted by Crippen LogP contribution is -2.12. The van der Waals surface area contributed by atoms with Gasteiger partial charge in [0.15, 0.2) is 0 Å². The smallest absolute Gasteiger partial charge is 0.124 e. The van der Waals surface area contributed by atoms with Crippen LogP contribution in [0.1, 0.15) is 37.3 Å². The Bertz CT molecular complexity index is 598. The molecule has 6 heteroatoms. The first-order chi connectivity index (χ1) is 8.91. The maximum Gasteiger partial charge on any atom is 0.124 e. The second kappa shape index (κ2) is 5.83. The summed E-state index contributed by atoms with van der Waals surface area (Å²) in [5, 5.41) is 15.6. The molecule has 2 aromatic rings. The summed E-state index contributed by atoms with van der Waals surface area (Å²) in [5.41, 5.74) is 1.16. The second-order valence-corrected chi connectivity index (χ2v) is 6.21. The number of aliphatic hydroxyl groups is 1. The summed E-state index contributed by atoms with van der Waals surface area (Å²) in [6.45, 7) is 3.95. The zero-order chi connectivity index (χ0) is 14.2. The lowest BCUT2D eigenvalue weighted by atomic mass is 10.1. The number of rotatable bonds is 3. The molecule has 0 fully saturated rings. The van der Waals surface area contributed by atoms with Crippen LogP contribution in [0.15, 0.2) is 28.9 Å². The highest BCUT2D eigenvalue weighted by Gasteiger charge is 2.23. The largest absolute Gasteiger partial charge is 0.382 e. The molecule has 102 valence electrons. The number of hydrogen-bond donors (Lipinski definition) is 1. The highest BCUT2D eigenvalue weighted by Crippen LogP contribution is 2.34. The molecule has 0 radical (unpaired) electrons. The van der Waals surface area contributed by atoms with Crippen LogP contribution in [0.3, 0.4) is 0 Å². The fourth-order valence-electron chi connectivity index (χ4n) is 1.89. The van der Waals surface area contributed by atoms with Gasteiger partial charge < -0.3 is 5.11 Å². The number of nitrogens with zero attached hydrogens (tertiary/aromatic N) is 2. The molecule has 0 spiro atoms. The van der Waals surface area contributed by atoms with Gasteiger partial charge in [-0.05, 0) is 26.0 Å². The van der Waals surface area contributed by atoms with Crippen molar-refractivity contribution in [1.29, 1.82) is 0 Å². The van der Waals surface area contributed by atoms with Crippen molar-refractivity contribution in [2.45, 2.75) is 26.0 Å². The molecule has 19 heavy (non-hydrogen) atoms. The van der Waals surface area contributed by atoms with E-state index in [0.29, 0.717) is 21.3 Å². The molecule has 1 aromatic heterocycles. The van der Waals surface area contributed by atoms with Gasteiger partial charge in [0.05, 0.1) is 16.9 Å². The minimum Gasteiger partial charge on any atom is -0.382 e. The fraction of sp³-hybridized carbons (Fsp3) is 0.308. The lowest BCUT2D eigenvalue weighted by Gasteiger charge is -2.18. The maximum atomic E-state index is 10.5. The first-order valence-corrected chi connectivity index (χ1v) is 7.32. The Hall–Kier alpha value is -0.550.